The summed E-state index contributed by atoms with van der Waals surface area (Å²) < 4.78 is 22.5. The molecule has 0 spiro atoms. The number of pyridine rings is 3. The van der Waals surface area contributed by atoms with Crippen molar-refractivity contribution in [3.63, 3.8) is 0 Å². The SMILES string of the molecule is C[C@H]1COc2c(N3CCN(C)CC3)c(F)cc3c(=O)c(C(=O)[O-])cn1c23.Cc1ccc2ccc3ccc(C)nc3c2n1.[Cl-].[Cu+2]. The third-order valence-corrected chi connectivity index (χ3v) is 7.98. The molecule has 2 aliphatic heterocycles. The van der Waals surface area contributed by atoms with Gasteiger partial charge in [-0.2, -0.15) is 0 Å². The molecule has 0 unspecified atom stereocenters. The number of carbonyl (C=O) groups excluding carboxylic acids is 1. The summed E-state index contributed by atoms with van der Waals surface area (Å²) in [7, 11) is 2.01. The quantitative estimate of drug-likeness (QED) is 0.200. The van der Waals surface area contributed by atoms with Crippen molar-refractivity contribution in [2.75, 3.05) is 44.7 Å². The van der Waals surface area contributed by atoms with Crippen LogP contribution in [0.5, 0.6) is 5.75 Å². The summed E-state index contributed by atoms with van der Waals surface area (Å²) in [5.74, 6) is -1.83. The zero-order valence-electron chi connectivity index (χ0n) is 24.7. The Morgan fingerprint density at radius 2 is 1.52 bits per heavy atom. The molecule has 44 heavy (non-hydrogen) atoms. The van der Waals surface area contributed by atoms with Crippen LogP contribution in [-0.4, -0.2) is 65.2 Å². The van der Waals surface area contributed by atoms with E-state index >= 15 is 0 Å². The average Bonchev–Trinajstić information content (AvgIpc) is 2.96. The van der Waals surface area contributed by atoms with Crippen LogP contribution >= 0.6 is 0 Å². The van der Waals surface area contributed by atoms with Gasteiger partial charge in [-0.15, -0.1) is 0 Å². The van der Waals surface area contributed by atoms with Gasteiger partial charge in [0.05, 0.1) is 39.5 Å². The largest absolute Gasteiger partial charge is 2.00 e. The molecular weight excluding hydrogens is 636 g/mol. The third-order valence-electron chi connectivity index (χ3n) is 7.98. The van der Waals surface area contributed by atoms with E-state index in [2.05, 4.69) is 39.1 Å². The number of aromatic nitrogens is 3. The molecule has 0 aliphatic carbocycles. The molecule has 0 saturated carbocycles. The second-order valence-corrected chi connectivity index (χ2v) is 11.1. The van der Waals surface area contributed by atoms with Crippen LogP contribution in [0, 0.1) is 19.7 Å². The number of carboxylic acids is 1. The first-order valence-electron chi connectivity index (χ1n) is 13.9. The van der Waals surface area contributed by atoms with E-state index in [4.69, 9.17) is 4.74 Å². The fourth-order valence-corrected chi connectivity index (χ4v) is 5.64. The van der Waals surface area contributed by atoms with Gasteiger partial charge in [-0.3, -0.25) is 14.8 Å². The Hall–Kier alpha value is -3.76. The second-order valence-electron chi connectivity index (χ2n) is 11.1. The number of fused-ring (bicyclic) bond motifs is 3. The van der Waals surface area contributed by atoms with Crippen molar-refractivity contribution in [1.29, 1.82) is 0 Å². The molecule has 5 heterocycles. The Labute approximate surface area is 270 Å². The zero-order chi connectivity index (χ0) is 29.7. The Balaban J connectivity index is 0.000000212. The molecule has 233 valence electrons. The van der Waals surface area contributed by atoms with Gasteiger partial charge < -0.3 is 41.4 Å². The summed E-state index contributed by atoms with van der Waals surface area (Å²) in [6.45, 7) is 9.01. The molecule has 1 saturated heterocycles. The summed E-state index contributed by atoms with van der Waals surface area (Å²) in [5.41, 5.74) is 3.62. The predicted molar refractivity (Wildman–Crippen MR) is 159 cm³/mol. The van der Waals surface area contributed by atoms with Gasteiger partial charge in [0.15, 0.2) is 17.0 Å². The number of nitrogens with zero attached hydrogens (tertiary/aromatic N) is 5. The molecule has 5 aromatic rings. The number of likely N-dealkylation sites (N-methyl/N-ethyl adjacent to an activating group) is 1. The van der Waals surface area contributed by atoms with E-state index in [0.717, 1.165) is 52.3 Å². The van der Waals surface area contributed by atoms with Crippen molar-refractivity contribution in [3.05, 3.63) is 81.7 Å². The Bertz CT molecular complexity index is 1880. The van der Waals surface area contributed by atoms with Gasteiger partial charge in [-0.05, 0) is 46.0 Å². The van der Waals surface area contributed by atoms with Crippen molar-refractivity contribution < 1.29 is 48.5 Å². The van der Waals surface area contributed by atoms with Crippen LogP contribution in [-0.2, 0) is 17.1 Å². The Kier molecular flexibility index (Phi) is 9.85. The number of aryl methyl sites for hydroxylation is 2. The summed E-state index contributed by atoms with van der Waals surface area (Å²) in [6, 6.07) is 13.4. The van der Waals surface area contributed by atoms with Crippen LogP contribution in [0.2, 0.25) is 0 Å². The number of ether oxygens (including phenoxy) is 1. The topological polar surface area (TPSA) is 104 Å². The molecule has 3 aromatic heterocycles. The number of hydrogen-bond donors (Lipinski definition) is 0. The number of rotatable bonds is 2. The minimum Gasteiger partial charge on any atom is -1.00 e. The van der Waals surface area contributed by atoms with E-state index in [1.807, 2.05) is 44.9 Å². The standard InChI is InChI=1S/C18H20FN3O4.C14H12N2.ClH.Cu/c1-10-9-26-17-14-11(16(23)12(18(24)25)8-22(10)14)7-13(19)15(17)21-5-3-20(2)4-6-21;1-9-3-5-11-7-8-12-6-4-10(2)16-14(12)13(11)15-9;;/h7-8,10H,3-6,9H2,1-2H3,(H,24,25);3-8H,1-2H3;1H;/q;;;+2/p-2/t10-;;;/m0.../s1. The van der Waals surface area contributed by atoms with Crippen LogP contribution in [0.4, 0.5) is 10.1 Å². The first-order chi connectivity index (χ1) is 20.1. The smallest absolute Gasteiger partial charge is 1.00 e. The van der Waals surface area contributed by atoms with Crippen LogP contribution in [0.15, 0.2) is 53.5 Å². The van der Waals surface area contributed by atoms with E-state index in [1.165, 1.54) is 6.20 Å². The van der Waals surface area contributed by atoms with Gasteiger partial charge in [0, 0.05) is 54.5 Å². The van der Waals surface area contributed by atoms with Crippen molar-refractivity contribution >= 4 is 44.4 Å². The first-order valence-corrected chi connectivity index (χ1v) is 13.9. The molecule has 0 N–H and O–H groups in total. The minimum absolute atomic E-state index is 0. The Morgan fingerprint density at radius 1 is 0.977 bits per heavy atom. The van der Waals surface area contributed by atoms with Crippen molar-refractivity contribution in [3.8, 4) is 5.75 Å². The van der Waals surface area contributed by atoms with Crippen LogP contribution < -0.4 is 32.6 Å². The monoisotopic (exact) mass is 666 g/mol. The van der Waals surface area contributed by atoms with Gasteiger partial charge in [0.25, 0.3) is 0 Å². The van der Waals surface area contributed by atoms with Crippen LogP contribution in [0.1, 0.15) is 34.7 Å². The van der Waals surface area contributed by atoms with Crippen molar-refractivity contribution in [1.82, 2.24) is 19.4 Å². The first kappa shape index (κ1) is 33.1. The fourth-order valence-electron chi connectivity index (χ4n) is 5.64. The molecule has 12 heteroatoms. The number of hydrogen-bond acceptors (Lipinski definition) is 8. The van der Waals surface area contributed by atoms with Crippen LogP contribution in [0.25, 0.3) is 32.7 Å². The van der Waals surface area contributed by atoms with Gasteiger partial charge >= 0.3 is 17.1 Å². The molecule has 7 rings (SSSR count). The summed E-state index contributed by atoms with van der Waals surface area (Å²) in [4.78, 5) is 37.1. The number of benzene rings is 2. The maximum absolute atomic E-state index is 15.0. The molecule has 1 fully saturated rings. The maximum atomic E-state index is 15.0. The minimum atomic E-state index is -1.57. The average molecular weight is 668 g/mol. The zero-order valence-corrected chi connectivity index (χ0v) is 26.4. The number of carbonyl (C=O) groups is 1. The van der Waals surface area contributed by atoms with Crippen molar-refractivity contribution in [2.45, 2.75) is 26.8 Å². The number of carboxylic acid groups (broad SMARTS) is 1. The molecule has 9 nitrogen and oxygen atoms in total. The molecule has 2 aliphatic rings. The van der Waals surface area contributed by atoms with E-state index in [9.17, 15) is 19.1 Å². The summed E-state index contributed by atoms with van der Waals surface area (Å²) in [6.07, 6.45) is 1.28. The molecule has 2 aromatic carbocycles. The van der Waals surface area contributed by atoms with E-state index in [0.29, 0.717) is 30.0 Å². The second kappa shape index (κ2) is 13.1. The van der Waals surface area contributed by atoms with Gasteiger partial charge in [0.1, 0.15) is 12.3 Å². The molecule has 1 atom stereocenters. The molecular formula is C32H31ClCuFN5O4. The molecule has 0 bridgehead atoms. The van der Waals surface area contributed by atoms with Crippen LogP contribution in [0.3, 0.4) is 0 Å². The van der Waals surface area contributed by atoms with E-state index in [1.54, 1.807) is 4.57 Å². The number of aromatic carboxylic acids is 1. The number of halogens is 2. The normalized spacial score (nSPS) is 16.0. The van der Waals surface area contributed by atoms with Gasteiger partial charge in [0.2, 0.25) is 0 Å². The summed E-state index contributed by atoms with van der Waals surface area (Å²) in [5, 5.41) is 13.6. The molecule has 0 amide bonds. The van der Waals surface area contributed by atoms with E-state index < -0.39 is 22.8 Å². The Morgan fingerprint density at radius 3 is 2.07 bits per heavy atom. The fraction of sp³-hybridized carbons (Fsp3) is 0.312. The summed E-state index contributed by atoms with van der Waals surface area (Å²) >= 11 is 0. The number of anilines is 1. The maximum Gasteiger partial charge on any atom is 2.00 e. The predicted octanol–water partition coefficient (Wildman–Crippen LogP) is 0.611. The van der Waals surface area contributed by atoms with Crippen molar-refractivity contribution in [2.24, 2.45) is 0 Å². The number of piperazine rings is 1. The molecule has 1 radical (unpaired) electrons. The van der Waals surface area contributed by atoms with E-state index in [-0.39, 0.29) is 47.5 Å². The third kappa shape index (κ3) is 5.97. The van der Waals surface area contributed by atoms with Gasteiger partial charge in [-0.25, -0.2) is 4.39 Å². The van der Waals surface area contributed by atoms with Gasteiger partial charge in [-0.1, -0.05) is 24.3 Å².